The maximum Gasteiger partial charge on any atom is 0.244 e. The van der Waals surface area contributed by atoms with E-state index in [0.29, 0.717) is 29.8 Å². The van der Waals surface area contributed by atoms with Crippen molar-refractivity contribution in [3.8, 4) is 0 Å². The summed E-state index contributed by atoms with van der Waals surface area (Å²) in [7, 11) is -3.36. The van der Waals surface area contributed by atoms with Gasteiger partial charge in [-0.05, 0) is 43.5 Å². The Balaban J connectivity index is 0.00000133. The standard InChI is InChI=1S/C12H17N3O2S.ClH/c16-18(17,12-2-1-4-13-8-12)15-5-3-10-6-14-7-11(10)9-15;/h1-2,4,8,10-11,14H,3,5-7,9H2;1H. The summed E-state index contributed by atoms with van der Waals surface area (Å²) < 4.78 is 26.5. The molecule has 19 heavy (non-hydrogen) atoms. The van der Waals surface area contributed by atoms with Crippen molar-refractivity contribution in [2.24, 2.45) is 11.8 Å². The van der Waals surface area contributed by atoms with Crippen LogP contribution in [0.25, 0.3) is 0 Å². The van der Waals surface area contributed by atoms with Crippen molar-refractivity contribution in [1.29, 1.82) is 0 Å². The molecular formula is C12H18ClN3O2S. The molecule has 1 N–H and O–H groups in total. The van der Waals surface area contributed by atoms with Gasteiger partial charge in [-0.25, -0.2) is 8.42 Å². The molecule has 3 rings (SSSR count). The lowest BCUT2D eigenvalue weighted by molar-refractivity contribution is 0.228. The van der Waals surface area contributed by atoms with Gasteiger partial charge in [0.1, 0.15) is 4.90 Å². The number of sulfonamides is 1. The molecule has 2 aliphatic rings. The Morgan fingerprint density at radius 1 is 1.32 bits per heavy atom. The summed E-state index contributed by atoms with van der Waals surface area (Å²) in [5.74, 6) is 1.11. The lowest BCUT2D eigenvalue weighted by Crippen LogP contribution is -2.43. The topological polar surface area (TPSA) is 62.3 Å². The number of aromatic nitrogens is 1. The summed E-state index contributed by atoms with van der Waals surface area (Å²) >= 11 is 0. The number of hydrogen-bond acceptors (Lipinski definition) is 4. The van der Waals surface area contributed by atoms with E-state index in [-0.39, 0.29) is 12.4 Å². The molecule has 0 amide bonds. The average Bonchev–Trinajstić information content (AvgIpc) is 2.87. The Labute approximate surface area is 119 Å². The molecule has 106 valence electrons. The number of pyridine rings is 1. The first kappa shape index (κ1) is 14.7. The van der Waals surface area contributed by atoms with Crippen molar-refractivity contribution in [2.45, 2.75) is 11.3 Å². The van der Waals surface area contributed by atoms with Gasteiger partial charge in [0.25, 0.3) is 0 Å². The summed E-state index contributed by atoms with van der Waals surface area (Å²) in [5.41, 5.74) is 0. The molecule has 0 aromatic carbocycles. The highest BCUT2D eigenvalue weighted by atomic mass is 35.5. The van der Waals surface area contributed by atoms with Crippen LogP contribution in [0.5, 0.6) is 0 Å². The summed E-state index contributed by atoms with van der Waals surface area (Å²) in [6.45, 7) is 3.23. The van der Waals surface area contributed by atoms with E-state index in [0.717, 1.165) is 19.5 Å². The van der Waals surface area contributed by atoms with E-state index >= 15 is 0 Å². The quantitative estimate of drug-likeness (QED) is 0.875. The third-order valence-corrected chi connectivity index (χ3v) is 5.79. The van der Waals surface area contributed by atoms with E-state index in [1.165, 1.54) is 6.20 Å². The number of halogens is 1. The van der Waals surface area contributed by atoms with Crippen LogP contribution in [0, 0.1) is 11.8 Å². The molecule has 2 saturated heterocycles. The Bertz CT molecular complexity index is 523. The van der Waals surface area contributed by atoms with Gasteiger partial charge in [0.15, 0.2) is 0 Å². The maximum absolute atomic E-state index is 12.4. The van der Waals surface area contributed by atoms with Crippen molar-refractivity contribution in [3.05, 3.63) is 24.5 Å². The second kappa shape index (κ2) is 5.75. The lowest BCUT2D eigenvalue weighted by atomic mass is 9.90. The van der Waals surface area contributed by atoms with Crippen LogP contribution in [0.3, 0.4) is 0 Å². The fourth-order valence-corrected chi connectivity index (χ4v) is 4.34. The summed E-state index contributed by atoms with van der Waals surface area (Å²) in [6, 6.07) is 3.28. The van der Waals surface area contributed by atoms with Crippen LogP contribution in [-0.4, -0.2) is 43.9 Å². The molecule has 0 aliphatic carbocycles. The molecule has 1 aromatic rings. The predicted octanol–water partition coefficient (Wildman–Crippen LogP) is 0.733. The Hall–Kier alpha value is -0.690. The zero-order chi connectivity index (χ0) is 12.6. The molecule has 2 fully saturated rings. The molecule has 0 spiro atoms. The van der Waals surface area contributed by atoms with Gasteiger partial charge < -0.3 is 5.32 Å². The van der Waals surface area contributed by atoms with Gasteiger partial charge in [-0.15, -0.1) is 12.4 Å². The summed E-state index contributed by atoms with van der Waals surface area (Å²) in [5, 5.41) is 3.34. The molecule has 0 bridgehead atoms. The average molecular weight is 304 g/mol. The van der Waals surface area contributed by atoms with Gasteiger partial charge in [-0.2, -0.15) is 4.31 Å². The largest absolute Gasteiger partial charge is 0.316 e. The number of nitrogens with zero attached hydrogens (tertiary/aromatic N) is 2. The molecule has 3 heterocycles. The van der Waals surface area contributed by atoms with Crippen LogP contribution < -0.4 is 5.32 Å². The predicted molar refractivity (Wildman–Crippen MR) is 74.7 cm³/mol. The molecule has 2 atom stereocenters. The van der Waals surface area contributed by atoms with E-state index in [2.05, 4.69) is 10.3 Å². The highest BCUT2D eigenvalue weighted by Crippen LogP contribution is 2.29. The van der Waals surface area contributed by atoms with Crippen molar-refractivity contribution >= 4 is 22.4 Å². The molecule has 5 nitrogen and oxygen atoms in total. The fraction of sp³-hybridized carbons (Fsp3) is 0.583. The van der Waals surface area contributed by atoms with Gasteiger partial charge in [-0.1, -0.05) is 0 Å². The zero-order valence-corrected chi connectivity index (χ0v) is 12.2. The van der Waals surface area contributed by atoms with Crippen LogP contribution in [0.2, 0.25) is 0 Å². The van der Waals surface area contributed by atoms with E-state index in [9.17, 15) is 8.42 Å². The third-order valence-electron chi connectivity index (χ3n) is 3.94. The second-order valence-electron chi connectivity index (χ2n) is 5.02. The molecule has 1 aromatic heterocycles. The second-order valence-corrected chi connectivity index (χ2v) is 6.96. The van der Waals surface area contributed by atoms with Crippen molar-refractivity contribution in [1.82, 2.24) is 14.6 Å². The molecule has 7 heteroatoms. The number of nitrogens with one attached hydrogen (secondary N) is 1. The highest BCUT2D eigenvalue weighted by molar-refractivity contribution is 7.89. The Morgan fingerprint density at radius 2 is 2.11 bits per heavy atom. The number of rotatable bonds is 2. The maximum atomic E-state index is 12.4. The van der Waals surface area contributed by atoms with Crippen LogP contribution in [-0.2, 0) is 10.0 Å². The van der Waals surface area contributed by atoms with Gasteiger partial charge in [0.05, 0.1) is 0 Å². The van der Waals surface area contributed by atoms with E-state index in [4.69, 9.17) is 0 Å². The van der Waals surface area contributed by atoms with Gasteiger partial charge >= 0.3 is 0 Å². The van der Waals surface area contributed by atoms with Gasteiger partial charge in [-0.3, -0.25) is 4.98 Å². The van der Waals surface area contributed by atoms with E-state index in [1.807, 2.05) is 0 Å². The minimum atomic E-state index is -3.36. The molecule has 2 unspecified atom stereocenters. The zero-order valence-electron chi connectivity index (χ0n) is 10.5. The van der Waals surface area contributed by atoms with E-state index < -0.39 is 10.0 Å². The smallest absolute Gasteiger partial charge is 0.244 e. The van der Waals surface area contributed by atoms with E-state index in [1.54, 1.807) is 22.6 Å². The molecule has 0 saturated carbocycles. The normalized spacial score (nSPS) is 27.6. The summed E-state index contributed by atoms with van der Waals surface area (Å²) in [4.78, 5) is 4.19. The first-order chi connectivity index (χ1) is 8.68. The van der Waals surface area contributed by atoms with Gasteiger partial charge in [0, 0.05) is 25.5 Å². The Morgan fingerprint density at radius 3 is 2.84 bits per heavy atom. The molecule has 0 radical (unpaired) electrons. The molecular weight excluding hydrogens is 286 g/mol. The number of piperidine rings is 1. The van der Waals surface area contributed by atoms with Crippen molar-refractivity contribution in [3.63, 3.8) is 0 Å². The van der Waals surface area contributed by atoms with Crippen molar-refractivity contribution < 1.29 is 8.42 Å². The minimum absolute atomic E-state index is 0. The lowest BCUT2D eigenvalue weighted by Gasteiger charge is -2.33. The highest BCUT2D eigenvalue weighted by Gasteiger charge is 2.37. The number of fused-ring (bicyclic) bond motifs is 1. The first-order valence-electron chi connectivity index (χ1n) is 6.29. The van der Waals surface area contributed by atoms with Crippen LogP contribution in [0.1, 0.15) is 6.42 Å². The minimum Gasteiger partial charge on any atom is -0.316 e. The number of hydrogen-bond donors (Lipinski definition) is 1. The van der Waals surface area contributed by atoms with Crippen molar-refractivity contribution in [2.75, 3.05) is 26.2 Å². The Kier molecular flexibility index (Phi) is 4.45. The summed E-state index contributed by atoms with van der Waals surface area (Å²) in [6.07, 6.45) is 3.97. The fourth-order valence-electron chi connectivity index (χ4n) is 2.87. The third kappa shape index (κ3) is 2.76. The SMILES string of the molecule is Cl.O=S(=O)(c1cccnc1)N1CCC2CNCC2C1. The van der Waals surface area contributed by atoms with Crippen LogP contribution in [0.15, 0.2) is 29.4 Å². The monoisotopic (exact) mass is 303 g/mol. The first-order valence-corrected chi connectivity index (χ1v) is 7.73. The van der Waals surface area contributed by atoms with Gasteiger partial charge in [0.2, 0.25) is 10.0 Å². The van der Waals surface area contributed by atoms with Crippen LogP contribution >= 0.6 is 12.4 Å². The van der Waals surface area contributed by atoms with Crippen LogP contribution in [0.4, 0.5) is 0 Å². The molecule has 2 aliphatic heterocycles.